The highest BCUT2D eigenvalue weighted by Gasteiger charge is 2.21. The van der Waals surface area contributed by atoms with Gasteiger partial charge in [-0.1, -0.05) is 13.8 Å². The van der Waals surface area contributed by atoms with Crippen LogP contribution in [0.1, 0.15) is 47.3 Å². The van der Waals surface area contributed by atoms with Crippen molar-refractivity contribution < 1.29 is 13.9 Å². The Kier molecular flexibility index (Phi) is 9.02. The Balaban J connectivity index is 2.57. The number of rotatable bonds is 8. The number of nitrogens with one attached hydrogen (secondary N) is 3. The standard InChI is InChI=1S/C19H34N4O3/c1-7-20-17(21-11-10-15-9-8-12-25-15)22-13-16(14(2)3)23-18(24)26-19(4,5)6/h8-9,12,14,16H,7,10-11,13H2,1-6H3,(H,23,24)(H2,20,21,22). The van der Waals surface area contributed by atoms with Crippen molar-refractivity contribution >= 4 is 12.1 Å². The minimum absolute atomic E-state index is 0.106. The summed E-state index contributed by atoms with van der Waals surface area (Å²) in [5.41, 5.74) is -0.517. The number of nitrogens with zero attached hydrogens (tertiary/aromatic N) is 1. The molecule has 0 aliphatic carbocycles. The number of guanidine groups is 1. The summed E-state index contributed by atoms with van der Waals surface area (Å²) in [6.07, 6.45) is 2.04. The van der Waals surface area contributed by atoms with Crippen molar-refractivity contribution in [3.05, 3.63) is 24.2 Å². The van der Waals surface area contributed by atoms with Crippen LogP contribution in [0.5, 0.6) is 0 Å². The smallest absolute Gasteiger partial charge is 0.407 e. The van der Waals surface area contributed by atoms with Crippen LogP contribution in [0, 0.1) is 5.92 Å². The van der Waals surface area contributed by atoms with E-state index in [1.807, 2.05) is 39.8 Å². The van der Waals surface area contributed by atoms with E-state index in [0.29, 0.717) is 13.1 Å². The summed E-state index contributed by atoms with van der Waals surface area (Å²) in [5.74, 6) is 1.88. The molecule has 0 fully saturated rings. The monoisotopic (exact) mass is 366 g/mol. The Morgan fingerprint density at radius 2 is 2.04 bits per heavy atom. The molecule has 1 aromatic heterocycles. The van der Waals surface area contributed by atoms with E-state index >= 15 is 0 Å². The van der Waals surface area contributed by atoms with Gasteiger partial charge < -0.3 is 25.1 Å². The molecule has 0 aromatic carbocycles. The van der Waals surface area contributed by atoms with Crippen LogP contribution < -0.4 is 16.0 Å². The highest BCUT2D eigenvalue weighted by Crippen LogP contribution is 2.09. The van der Waals surface area contributed by atoms with E-state index in [4.69, 9.17) is 9.15 Å². The lowest BCUT2D eigenvalue weighted by atomic mass is 10.1. The van der Waals surface area contributed by atoms with Crippen LogP contribution in [-0.4, -0.2) is 43.3 Å². The number of aliphatic imine (C=N–C) groups is 1. The summed E-state index contributed by atoms with van der Waals surface area (Å²) in [7, 11) is 0. The number of amides is 1. The second-order valence-corrected chi connectivity index (χ2v) is 7.47. The van der Waals surface area contributed by atoms with E-state index in [-0.39, 0.29) is 12.0 Å². The first-order valence-corrected chi connectivity index (χ1v) is 9.25. The van der Waals surface area contributed by atoms with Gasteiger partial charge in [-0.2, -0.15) is 0 Å². The van der Waals surface area contributed by atoms with Gasteiger partial charge in [0.2, 0.25) is 0 Å². The molecule has 0 saturated carbocycles. The fourth-order valence-electron chi connectivity index (χ4n) is 2.17. The van der Waals surface area contributed by atoms with E-state index in [1.54, 1.807) is 6.26 Å². The molecule has 0 aliphatic heterocycles. The predicted molar refractivity (Wildman–Crippen MR) is 104 cm³/mol. The van der Waals surface area contributed by atoms with Gasteiger partial charge in [-0.25, -0.2) is 4.79 Å². The summed E-state index contributed by atoms with van der Waals surface area (Å²) >= 11 is 0. The third-order valence-corrected chi connectivity index (χ3v) is 3.54. The van der Waals surface area contributed by atoms with Crippen LogP contribution in [0.4, 0.5) is 4.79 Å². The molecule has 0 saturated heterocycles. The van der Waals surface area contributed by atoms with Crippen LogP contribution in [0.3, 0.4) is 0 Å². The lowest BCUT2D eigenvalue weighted by molar-refractivity contribution is 0.0493. The second kappa shape index (κ2) is 10.7. The first kappa shape index (κ1) is 21.9. The second-order valence-electron chi connectivity index (χ2n) is 7.47. The molecular formula is C19H34N4O3. The summed E-state index contributed by atoms with van der Waals surface area (Å²) in [6, 6.07) is 3.72. The zero-order valence-electron chi connectivity index (χ0n) is 16.9. The van der Waals surface area contributed by atoms with Gasteiger partial charge in [-0.3, -0.25) is 4.99 Å². The predicted octanol–water partition coefficient (Wildman–Crippen LogP) is 2.93. The summed E-state index contributed by atoms with van der Waals surface area (Å²) in [5, 5.41) is 9.40. The van der Waals surface area contributed by atoms with Crippen LogP contribution >= 0.6 is 0 Å². The third kappa shape index (κ3) is 9.34. The SMILES string of the molecule is CCNC(=NCC(NC(=O)OC(C)(C)C)C(C)C)NCCc1ccco1. The van der Waals surface area contributed by atoms with Crippen LogP contribution in [0.2, 0.25) is 0 Å². The maximum atomic E-state index is 12.0. The maximum Gasteiger partial charge on any atom is 0.407 e. The van der Waals surface area contributed by atoms with Gasteiger partial charge in [0.1, 0.15) is 11.4 Å². The molecule has 1 rings (SSSR count). The van der Waals surface area contributed by atoms with Crippen molar-refractivity contribution in [1.29, 1.82) is 0 Å². The molecule has 0 bridgehead atoms. The Bertz CT molecular complexity index is 548. The molecule has 26 heavy (non-hydrogen) atoms. The quantitative estimate of drug-likeness (QED) is 0.486. The number of furan rings is 1. The molecule has 1 unspecified atom stereocenters. The van der Waals surface area contributed by atoms with E-state index < -0.39 is 11.7 Å². The van der Waals surface area contributed by atoms with E-state index in [9.17, 15) is 4.79 Å². The molecule has 0 spiro atoms. The number of ether oxygens (including phenoxy) is 1. The third-order valence-electron chi connectivity index (χ3n) is 3.54. The van der Waals surface area contributed by atoms with Crippen molar-refractivity contribution in [3.63, 3.8) is 0 Å². The van der Waals surface area contributed by atoms with E-state index in [2.05, 4.69) is 34.8 Å². The minimum atomic E-state index is -0.517. The van der Waals surface area contributed by atoms with Crippen molar-refractivity contribution in [3.8, 4) is 0 Å². The van der Waals surface area contributed by atoms with Gasteiger partial charge in [0, 0.05) is 19.5 Å². The van der Waals surface area contributed by atoms with Gasteiger partial charge in [0.05, 0.1) is 18.8 Å². The molecule has 7 nitrogen and oxygen atoms in total. The highest BCUT2D eigenvalue weighted by atomic mass is 16.6. The van der Waals surface area contributed by atoms with Crippen molar-refractivity contribution in [2.24, 2.45) is 10.9 Å². The number of hydrogen-bond donors (Lipinski definition) is 3. The Morgan fingerprint density at radius 3 is 2.58 bits per heavy atom. The molecule has 1 heterocycles. The Morgan fingerprint density at radius 1 is 1.31 bits per heavy atom. The summed E-state index contributed by atoms with van der Waals surface area (Å²) in [4.78, 5) is 16.6. The normalized spacial score (nSPS) is 13.4. The largest absolute Gasteiger partial charge is 0.469 e. The number of hydrogen-bond acceptors (Lipinski definition) is 4. The summed E-state index contributed by atoms with van der Waals surface area (Å²) in [6.45, 7) is 13.6. The van der Waals surface area contributed by atoms with Gasteiger partial charge in [0.25, 0.3) is 0 Å². The van der Waals surface area contributed by atoms with Crippen LogP contribution in [0.25, 0.3) is 0 Å². The number of alkyl carbamates (subject to hydrolysis) is 1. The van der Waals surface area contributed by atoms with Crippen molar-refractivity contribution in [2.45, 2.75) is 59.6 Å². The average Bonchev–Trinajstić information content (AvgIpc) is 3.02. The molecule has 0 aliphatic rings. The molecular weight excluding hydrogens is 332 g/mol. The molecule has 1 aromatic rings. The van der Waals surface area contributed by atoms with E-state index in [0.717, 1.165) is 24.7 Å². The summed E-state index contributed by atoms with van der Waals surface area (Å²) < 4.78 is 10.7. The zero-order chi connectivity index (χ0) is 19.6. The average molecular weight is 367 g/mol. The van der Waals surface area contributed by atoms with Gasteiger partial charge in [-0.05, 0) is 45.7 Å². The lowest BCUT2D eigenvalue weighted by Gasteiger charge is -2.25. The lowest BCUT2D eigenvalue weighted by Crippen LogP contribution is -2.45. The molecule has 1 atom stereocenters. The van der Waals surface area contributed by atoms with Crippen molar-refractivity contribution in [2.75, 3.05) is 19.6 Å². The molecule has 0 radical (unpaired) electrons. The fraction of sp³-hybridized carbons (Fsp3) is 0.684. The molecule has 1 amide bonds. The highest BCUT2D eigenvalue weighted by molar-refractivity contribution is 5.79. The van der Waals surface area contributed by atoms with Gasteiger partial charge in [0.15, 0.2) is 5.96 Å². The van der Waals surface area contributed by atoms with Crippen molar-refractivity contribution in [1.82, 2.24) is 16.0 Å². The number of carbonyl (C=O) groups excluding carboxylic acids is 1. The van der Waals surface area contributed by atoms with Crippen LogP contribution in [0.15, 0.2) is 27.8 Å². The Hall–Kier alpha value is -2.18. The van der Waals surface area contributed by atoms with Gasteiger partial charge >= 0.3 is 6.09 Å². The molecule has 3 N–H and O–H groups in total. The topological polar surface area (TPSA) is 87.9 Å². The van der Waals surface area contributed by atoms with Gasteiger partial charge in [-0.15, -0.1) is 0 Å². The first-order valence-electron chi connectivity index (χ1n) is 9.25. The maximum absolute atomic E-state index is 12.0. The van der Waals surface area contributed by atoms with Crippen LogP contribution in [-0.2, 0) is 11.2 Å². The first-order chi connectivity index (χ1) is 12.2. The fourth-order valence-corrected chi connectivity index (χ4v) is 2.17. The molecule has 148 valence electrons. The number of carbonyl (C=O) groups is 1. The minimum Gasteiger partial charge on any atom is -0.469 e. The molecule has 7 heteroatoms. The zero-order valence-corrected chi connectivity index (χ0v) is 16.9. The Labute approximate surface area is 157 Å². The van der Waals surface area contributed by atoms with E-state index in [1.165, 1.54) is 0 Å².